The van der Waals surface area contributed by atoms with Crippen molar-refractivity contribution in [2.45, 2.75) is 50.2 Å². The van der Waals surface area contributed by atoms with Gasteiger partial charge in [0.15, 0.2) is 0 Å². The lowest BCUT2D eigenvalue weighted by Crippen LogP contribution is -2.49. The third-order valence-electron chi connectivity index (χ3n) is 4.02. The van der Waals surface area contributed by atoms with Gasteiger partial charge in [0.2, 0.25) is 0 Å². The van der Waals surface area contributed by atoms with Crippen LogP contribution in [-0.2, 0) is 4.74 Å². The summed E-state index contributed by atoms with van der Waals surface area (Å²) in [4.78, 5) is 2.37. The van der Waals surface area contributed by atoms with Gasteiger partial charge in [-0.3, -0.25) is 0 Å². The molecule has 1 aliphatic heterocycles. The van der Waals surface area contributed by atoms with E-state index in [1.54, 1.807) is 0 Å². The maximum absolute atomic E-state index is 9.53. The Kier molecular flexibility index (Phi) is 4.42. The molecule has 2 N–H and O–H groups in total. The van der Waals surface area contributed by atoms with Crippen LogP contribution in [0.3, 0.4) is 0 Å². The highest BCUT2D eigenvalue weighted by Crippen LogP contribution is 2.24. The molecular weight excluding hydrogens is 216 g/mol. The molecule has 0 aromatic rings. The predicted octanol–water partition coefficient (Wildman–Crippen LogP) is 0.600. The molecule has 1 saturated heterocycles. The van der Waals surface area contributed by atoms with Crippen molar-refractivity contribution in [2.24, 2.45) is 0 Å². The molecule has 0 aromatic heterocycles. The van der Waals surface area contributed by atoms with E-state index >= 15 is 0 Å². The molecule has 0 bridgehead atoms. The quantitative estimate of drug-likeness (QED) is 0.686. The summed E-state index contributed by atoms with van der Waals surface area (Å²) >= 11 is 0. The molecule has 1 heterocycles. The summed E-state index contributed by atoms with van der Waals surface area (Å²) in [6, 6.07) is 1.21. The minimum Gasteiger partial charge on any atom is -0.394 e. The Labute approximate surface area is 104 Å². The molecule has 0 amide bonds. The fourth-order valence-corrected chi connectivity index (χ4v) is 2.39. The molecule has 2 rings (SSSR count). The molecule has 4 heteroatoms. The van der Waals surface area contributed by atoms with Crippen molar-refractivity contribution in [1.82, 2.24) is 10.2 Å². The van der Waals surface area contributed by atoms with Gasteiger partial charge >= 0.3 is 0 Å². The molecular formula is C13H26N2O2. The van der Waals surface area contributed by atoms with Crippen molar-refractivity contribution in [3.63, 3.8) is 0 Å². The van der Waals surface area contributed by atoms with E-state index < -0.39 is 0 Å². The summed E-state index contributed by atoms with van der Waals surface area (Å²) < 4.78 is 5.40. The topological polar surface area (TPSA) is 44.7 Å². The molecule has 2 aliphatic rings. The Hall–Kier alpha value is -0.160. The molecule has 0 aromatic carbocycles. The normalized spacial score (nSPS) is 28.6. The Morgan fingerprint density at radius 1 is 1.41 bits per heavy atom. The van der Waals surface area contributed by atoms with Crippen molar-refractivity contribution in [3.05, 3.63) is 0 Å². The predicted molar refractivity (Wildman–Crippen MR) is 68.1 cm³/mol. The van der Waals surface area contributed by atoms with E-state index in [0.29, 0.717) is 12.1 Å². The number of ether oxygens (including phenoxy) is 1. The van der Waals surface area contributed by atoms with Crippen LogP contribution in [0.1, 0.15) is 32.6 Å². The summed E-state index contributed by atoms with van der Waals surface area (Å²) in [7, 11) is 2.16. The average Bonchev–Trinajstić information content (AvgIpc) is 2.97. The lowest BCUT2D eigenvalue weighted by molar-refractivity contribution is 0.127. The summed E-state index contributed by atoms with van der Waals surface area (Å²) in [5, 5.41) is 13.1. The summed E-state index contributed by atoms with van der Waals surface area (Å²) in [5.41, 5.74) is -0.116. The maximum Gasteiger partial charge on any atom is 0.0622 e. The van der Waals surface area contributed by atoms with E-state index in [9.17, 15) is 5.11 Å². The third-order valence-corrected chi connectivity index (χ3v) is 4.02. The van der Waals surface area contributed by atoms with Gasteiger partial charge in [0.1, 0.15) is 0 Å². The largest absolute Gasteiger partial charge is 0.394 e. The summed E-state index contributed by atoms with van der Waals surface area (Å²) in [6.07, 6.45) is 4.67. The second kappa shape index (κ2) is 5.65. The van der Waals surface area contributed by atoms with E-state index in [4.69, 9.17) is 4.74 Å². The minimum atomic E-state index is -0.116. The zero-order valence-corrected chi connectivity index (χ0v) is 11.1. The summed E-state index contributed by atoms with van der Waals surface area (Å²) in [5.74, 6) is 0. The molecule has 2 atom stereocenters. The van der Waals surface area contributed by atoms with Gasteiger partial charge in [-0.1, -0.05) is 0 Å². The van der Waals surface area contributed by atoms with E-state index in [-0.39, 0.29) is 12.1 Å². The average molecular weight is 242 g/mol. The number of nitrogens with zero attached hydrogens (tertiary/aromatic N) is 1. The summed E-state index contributed by atoms with van der Waals surface area (Å²) in [6.45, 7) is 5.13. The first-order valence-electron chi connectivity index (χ1n) is 6.79. The standard InChI is InChI=1S/C13H26N2O2/c1-13(10-16,14-11-3-4-11)6-7-15(2)12-5-8-17-9-12/h11-12,14,16H,3-10H2,1-2H3. The molecule has 1 aliphatic carbocycles. The van der Waals surface area contributed by atoms with Crippen molar-refractivity contribution >= 4 is 0 Å². The van der Waals surface area contributed by atoms with Gasteiger partial charge < -0.3 is 20.1 Å². The van der Waals surface area contributed by atoms with Gasteiger partial charge in [-0.15, -0.1) is 0 Å². The molecule has 0 spiro atoms. The van der Waals surface area contributed by atoms with E-state index in [1.807, 2.05) is 0 Å². The van der Waals surface area contributed by atoms with Crippen LogP contribution in [0.2, 0.25) is 0 Å². The van der Waals surface area contributed by atoms with Gasteiger partial charge in [0, 0.05) is 30.8 Å². The number of hydrogen-bond acceptors (Lipinski definition) is 4. The number of aliphatic hydroxyl groups is 1. The highest BCUT2D eigenvalue weighted by molar-refractivity contribution is 4.93. The van der Waals surface area contributed by atoms with Crippen LogP contribution in [-0.4, -0.2) is 61.0 Å². The molecule has 2 unspecified atom stereocenters. The molecule has 1 saturated carbocycles. The lowest BCUT2D eigenvalue weighted by atomic mass is 9.98. The Bertz CT molecular complexity index is 240. The fourth-order valence-electron chi connectivity index (χ4n) is 2.39. The number of rotatable bonds is 7. The Balaban J connectivity index is 1.73. The third kappa shape index (κ3) is 3.91. The first kappa shape index (κ1) is 13.3. The van der Waals surface area contributed by atoms with E-state index in [1.165, 1.54) is 12.8 Å². The number of aliphatic hydroxyl groups excluding tert-OH is 1. The monoisotopic (exact) mass is 242 g/mol. The van der Waals surface area contributed by atoms with Crippen LogP contribution in [0.15, 0.2) is 0 Å². The SMILES string of the molecule is CN(CCC(C)(CO)NC1CC1)C1CCOC1. The van der Waals surface area contributed by atoms with Crippen LogP contribution in [0.5, 0.6) is 0 Å². The van der Waals surface area contributed by atoms with E-state index in [0.717, 1.165) is 32.6 Å². The second-order valence-corrected chi connectivity index (χ2v) is 5.89. The Morgan fingerprint density at radius 3 is 2.71 bits per heavy atom. The zero-order valence-electron chi connectivity index (χ0n) is 11.1. The highest BCUT2D eigenvalue weighted by Gasteiger charge is 2.32. The first-order chi connectivity index (χ1) is 8.13. The van der Waals surface area contributed by atoms with Crippen LogP contribution >= 0.6 is 0 Å². The first-order valence-corrected chi connectivity index (χ1v) is 6.79. The van der Waals surface area contributed by atoms with Crippen LogP contribution in [0.25, 0.3) is 0 Å². The van der Waals surface area contributed by atoms with E-state index in [2.05, 4.69) is 24.2 Å². The number of likely N-dealkylation sites (N-methyl/N-ethyl adjacent to an activating group) is 1. The highest BCUT2D eigenvalue weighted by atomic mass is 16.5. The molecule has 17 heavy (non-hydrogen) atoms. The van der Waals surface area contributed by atoms with Gasteiger partial charge in [-0.05, 0) is 39.7 Å². The van der Waals surface area contributed by atoms with Gasteiger partial charge in [-0.2, -0.15) is 0 Å². The number of hydrogen-bond donors (Lipinski definition) is 2. The van der Waals surface area contributed by atoms with Gasteiger partial charge in [-0.25, -0.2) is 0 Å². The zero-order chi connectivity index (χ0) is 12.3. The Morgan fingerprint density at radius 2 is 2.18 bits per heavy atom. The smallest absolute Gasteiger partial charge is 0.0622 e. The van der Waals surface area contributed by atoms with Crippen molar-refractivity contribution in [3.8, 4) is 0 Å². The molecule has 2 fully saturated rings. The minimum absolute atomic E-state index is 0.116. The van der Waals surface area contributed by atoms with Crippen LogP contribution in [0, 0.1) is 0 Å². The molecule has 4 nitrogen and oxygen atoms in total. The second-order valence-electron chi connectivity index (χ2n) is 5.89. The van der Waals surface area contributed by atoms with Gasteiger partial charge in [0.05, 0.1) is 13.2 Å². The van der Waals surface area contributed by atoms with Crippen LogP contribution in [0.4, 0.5) is 0 Å². The van der Waals surface area contributed by atoms with Crippen molar-refractivity contribution in [2.75, 3.05) is 33.4 Å². The van der Waals surface area contributed by atoms with Crippen LogP contribution < -0.4 is 5.32 Å². The number of nitrogens with one attached hydrogen (secondary N) is 1. The maximum atomic E-state index is 9.53. The molecule has 0 radical (unpaired) electrons. The van der Waals surface area contributed by atoms with Crippen molar-refractivity contribution < 1.29 is 9.84 Å². The molecule has 100 valence electrons. The lowest BCUT2D eigenvalue weighted by Gasteiger charge is -2.32. The fraction of sp³-hybridized carbons (Fsp3) is 1.00. The van der Waals surface area contributed by atoms with Crippen molar-refractivity contribution in [1.29, 1.82) is 0 Å². The van der Waals surface area contributed by atoms with Gasteiger partial charge in [0.25, 0.3) is 0 Å².